The van der Waals surface area contributed by atoms with E-state index in [9.17, 15) is 5.11 Å². The van der Waals surface area contributed by atoms with E-state index < -0.39 is 0 Å². The van der Waals surface area contributed by atoms with E-state index in [0.717, 1.165) is 12.8 Å². The molecule has 2 atom stereocenters. The highest BCUT2D eigenvalue weighted by Crippen LogP contribution is 2.24. The first-order chi connectivity index (χ1) is 4.34. The molecule has 0 heterocycles. The van der Waals surface area contributed by atoms with Crippen LogP contribution in [0.3, 0.4) is 0 Å². The predicted octanol–water partition coefficient (Wildman–Crippen LogP) is 1.72. The molecule has 1 saturated carbocycles. The van der Waals surface area contributed by atoms with Crippen molar-refractivity contribution in [3.05, 3.63) is 12.7 Å². The molecule has 0 spiro atoms. The Hall–Kier alpha value is -0.300. The molecule has 1 rings (SSSR count). The zero-order chi connectivity index (χ0) is 6.69. The van der Waals surface area contributed by atoms with Crippen molar-refractivity contribution in [2.75, 3.05) is 0 Å². The Bertz CT molecular complexity index is 98.7. The van der Waals surface area contributed by atoms with Crippen molar-refractivity contribution in [3.63, 3.8) is 0 Å². The molecule has 2 unspecified atom stereocenters. The first kappa shape index (κ1) is 6.81. The minimum absolute atomic E-state index is 0.101. The minimum atomic E-state index is -0.101. The molecule has 0 aromatic heterocycles. The molecule has 1 aliphatic carbocycles. The van der Waals surface area contributed by atoms with Gasteiger partial charge in [0.25, 0.3) is 0 Å². The first-order valence-electron chi connectivity index (χ1n) is 3.65. The topological polar surface area (TPSA) is 20.2 Å². The summed E-state index contributed by atoms with van der Waals surface area (Å²) in [6, 6.07) is 0. The summed E-state index contributed by atoms with van der Waals surface area (Å²) in [6.07, 6.45) is 6.32. The third-order valence-corrected chi connectivity index (χ3v) is 2.08. The van der Waals surface area contributed by atoms with Crippen LogP contribution in [-0.4, -0.2) is 11.2 Å². The Balaban J connectivity index is 2.38. The van der Waals surface area contributed by atoms with Gasteiger partial charge in [-0.3, -0.25) is 0 Å². The Kier molecular flexibility index (Phi) is 2.29. The van der Waals surface area contributed by atoms with Crippen LogP contribution in [0.1, 0.15) is 25.7 Å². The van der Waals surface area contributed by atoms with Gasteiger partial charge in [-0.25, -0.2) is 0 Å². The molecular formula is C8H14O. The number of rotatable bonds is 1. The molecule has 0 amide bonds. The summed E-state index contributed by atoms with van der Waals surface area (Å²) in [6.45, 7) is 3.67. The van der Waals surface area contributed by atoms with Crippen LogP contribution in [-0.2, 0) is 0 Å². The Morgan fingerprint density at radius 3 is 2.44 bits per heavy atom. The fraction of sp³-hybridized carbons (Fsp3) is 0.750. The van der Waals surface area contributed by atoms with Gasteiger partial charge in [0, 0.05) is 5.92 Å². The Morgan fingerprint density at radius 1 is 1.33 bits per heavy atom. The fourth-order valence-corrected chi connectivity index (χ4v) is 1.41. The molecule has 9 heavy (non-hydrogen) atoms. The second-order valence-corrected chi connectivity index (χ2v) is 2.75. The lowest BCUT2D eigenvalue weighted by Crippen LogP contribution is -2.22. The van der Waals surface area contributed by atoms with E-state index in [2.05, 4.69) is 6.58 Å². The van der Waals surface area contributed by atoms with Gasteiger partial charge in [-0.2, -0.15) is 0 Å². The molecule has 0 radical (unpaired) electrons. The average Bonchev–Trinajstić information content (AvgIpc) is 1.89. The summed E-state index contributed by atoms with van der Waals surface area (Å²) in [5.41, 5.74) is 0. The van der Waals surface area contributed by atoms with E-state index in [1.54, 1.807) is 0 Å². The molecule has 0 aliphatic heterocycles. The summed E-state index contributed by atoms with van der Waals surface area (Å²) in [5.74, 6) is 0.374. The van der Waals surface area contributed by atoms with E-state index in [-0.39, 0.29) is 6.10 Å². The van der Waals surface area contributed by atoms with Crippen LogP contribution in [0.2, 0.25) is 0 Å². The summed E-state index contributed by atoms with van der Waals surface area (Å²) in [4.78, 5) is 0. The maximum absolute atomic E-state index is 9.30. The van der Waals surface area contributed by atoms with Gasteiger partial charge in [0.15, 0.2) is 0 Å². The predicted molar refractivity (Wildman–Crippen MR) is 38.2 cm³/mol. The molecule has 0 bridgehead atoms. The van der Waals surface area contributed by atoms with Crippen molar-refractivity contribution in [2.45, 2.75) is 31.8 Å². The van der Waals surface area contributed by atoms with Crippen molar-refractivity contribution in [3.8, 4) is 0 Å². The molecule has 1 aliphatic rings. The molecule has 1 nitrogen and oxygen atoms in total. The molecule has 52 valence electrons. The lowest BCUT2D eigenvalue weighted by atomic mass is 9.87. The normalized spacial score (nSPS) is 36.1. The number of aliphatic hydroxyl groups is 1. The third-order valence-electron chi connectivity index (χ3n) is 2.08. The van der Waals surface area contributed by atoms with Gasteiger partial charge >= 0.3 is 0 Å². The quantitative estimate of drug-likeness (QED) is 0.530. The maximum Gasteiger partial charge on any atom is 0.0602 e. The number of hydrogen-bond donors (Lipinski definition) is 1. The summed E-state index contributed by atoms with van der Waals surface area (Å²) in [7, 11) is 0. The molecule has 1 fully saturated rings. The SMILES string of the molecule is C=CC1CCCCC1O. The van der Waals surface area contributed by atoms with Gasteiger partial charge in [0.2, 0.25) is 0 Å². The Labute approximate surface area is 56.4 Å². The number of hydrogen-bond acceptors (Lipinski definition) is 1. The van der Waals surface area contributed by atoms with Gasteiger partial charge < -0.3 is 5.11 Å². The van der Waals surface area contributed by atoms with Crippen molar-refractivity contribution >= 4 is 0 Å². The highest BCUT2D eigenvalue weighted by molar-refractivity contribution is 4.87. The fourth-order valence-electron chi connectivity index (χ4n) is 1.41. The first-order valence-corrected chi connectivity index (χ1v) is 3.65. The van der Waals surface area contributed by atoms with Crippen LogP contribution in [0.25, 0.3) is 0 Å². The zero-order valence-electron chi connectivity index (χ0n) is 5.71. The standard InChI is InChI=1S/C8H14O/c1-2-7-5-3-4-6-8(7)9/h2,7-9H,1,3-6H2. The van der Waals surface area contributed by atoms with Crippen molar-refractivity contribution in [1.29, 1.82) is 0 Å². The van der Waals surface area contributed by atoms with Gasteiger partial charge in [-0.1, -0.05) is 18.9 Å². The van der Waals surface area contributed by atoms with Crippen molar-refractivity contribution in [2.24, 2.45) is 5.92 Å². The van der Waals surface area contributed by atoms with Crippen LogP contribution in [0.15, 0.2) is 12.7 Å². The summed E-state index contributed by atoms with van der Waals surface area (Å²) >= 11 is 0. The molecule has 0 aromatic rings. The van der Waals surface area contributed by atoms with Gasteiger partial charge in [0.05, 0.1) is 6.10 Å². The zero-order valence-corrected chi connectivity index (χ0v) is 5.71. The lowest BCUT2D eigenvalue weighted by molar-refractivity contribution is 0.0929. The molecule has 0 aromatic carbocycles. The average molecular weight is 126 g/mol. The third kappa shape index (κ3) is 1.55. The maximum atomic E-state index is 9.30. The summed E-state index contributed by atoms with van der Waals surface area (Å²) < 4.78 is 0. The molecule has 0 saturated heterocycles. The van der Waals surface area contributed by atoms with Crippen LogP contribution in [0, 0.1) is 5.92 Å². The van der Waals surface area contributed by atoms with E-state index in [0.29, 0.717) is 5.92 Å². The number of aliphatic hydroxyl groups excluding tert-OH is 1. The molecule has 1 N–H and O–H groups in total. The minimum Gasteiger partial charge on any atom is -0.393 e. The van der Waals surface area contributed by atoms with Gasteiger partial charge in [-0.05, 0) is 12.8 Å². The Morgan fingerprint density at radius 2 is 2.00 bits per heavy atom. The highest BCUT2D eigenvalue weighted by atomic mass is 16.3. The van der Waals surface area contributed by atoms with Crippen molar-refractivity contribution in [1.82, 2.24) is 0 Å². The highest BCUT2D eigenvalue weighted by Gasteiger charge is 2.19. The largest absolute Gasteiger partial charge is 0.393 e. The van der Waals surface area contributed by atoms with E-state index >= 15 is 0 Å². The van der Waals surface area contributed by atoms with Crippen LogP contribution in [0.5, 0.6) is 0 Å². The lowest BCUT2D eigenvalue weighted by Gasteiger charge is -2.24. The van der Waals surface area contributed by atoms with Crippen LogP contribution >= 0.6 is 0 Å². The summed E-state index contributed by atoms with van der Waals surface area (Å²) in [5, 5.41) is 9.30. The monoisotopic (exact) mass is 126 g/mol. The van der Waals surface area contributed by atoms with E-state index in [1.807, 2.05) is 6.08 Å². The van der Waals surface area contributed by atoms with Crippen LogP contribution in [0.4, 0.5) is 0 Å². The van der Waals surface area contributed by atoms with Crippen molar-refractivity contribution < 1.29 is 5.11 Å². The van der Waals surface area contributed by atoms with Crippen LogP contribution < -0.4 is 0 Å². The molecular weight excluding hydrogens is 112 g/mol. The van der Waals surface area contributed by atoms with E-state index in [1.165, 1.54) is 12.8 Å². The second-order valence-electron chi connectivity index (χ2n) is 2.75. The van der Waals surface area contributed by atoms with E-state index in [4.69, 9.17) is 0 Å². The van der Waals surface area contributed by atoms with Gasteiger partial charge in [0.1, 0.15) is 0 Å². The smallest absolute Gasteiger partial charge is 0.0602 e. The second kappa shape index (κ2) is 3.02. The molecule has 1 heteroatoms. The van der Waals surface area contributed by atoms with Gasteiger partial charge in [-0.15, -0.1) is 6.58 Å².